The van der Waals surface area contributed by atoms with Gasteiger partial charge in [0.05, 0.1) is 5.60 Å². The maximum atomic E-state index is 10.6. The Morgan fingerprint density at radius 2 is 2.06 bits per heavy atom. The van der Waals surface area contributed by atoms with Crippen molar-refractivity contribution in [3.63, 3.8) is 0 Å². The van der Waals surface area contributed by atoms with Crippen molar-refractivity contribution in [2.75, 3.05) is 0 Å². The Morgan fingerprint density at radius 3 is 2.76 bits per heavy atom. The summed E-state index contributed by atoms with van der Waals surface area (Å²) in [7, 11) is 0. The van der Waals surface area contributed by atoms with Gasteiger partial charge in [-0.3, -0.25) is 4.98 Å². The van der Waals surface area contributed by atoms with E-state index in [4.69, 9.17) is 0 Å². The van der Waals surface area contributed by atoms with Gasteiger partial charge in [0, 0.05) is 17.8 Å². The minimum atomic E-state index is -0.783. The van der Waals surface area contributed by atoms with Crippen molar-refractivity contribution < 1.29 is 5.11 Å². The lowest BCUT2D eigenvalue weighted by atomic mass is 9.85. The number of aromatic nitrogens is 1. The molecule has 2 rings (SSSR count). The van der Waals surface area contributed by atoms with Crippen molar-refractivity contribution in [2.24, 2.45) is 5.92 Å². The molecule has 1 N–H and O–H groups in total. The highest BCUT2D eigenvalue weighted by Crippen LogP contribution is 2.32. The maximum absolute atomic E-state index is 10.6. The molecule has 1 aromatic carbocycles. The largest absolute Gasteiger partial charge is 0.385 e. The number of hydrogen-bond acceptors (Lipinski definition) is 2. The fourth-order valence-electron chi connectivity index (χ4n) is 2.50. The molecular weight excluding hydrogens is 210 g/mol. The van der Waals surface area contributed by atoms with Crippen LogP contribution in [0.3, 0.4) is 0 Å². The molecule has 0 fully saturated rings. The predicted octanol–water partition coefficient (Wildman–Crippen LogP) is 3.49. The molecule has 1 heterocycles. The van der Waals surface area contributed by atoms with Crippen LogP contribution < -0.4 is 0 Å². The Hall–Kier alpha value is -1.41. The first-order chi connectivity index (χ1) is 8.00. The first kappa shape index (κ1) is 12.1. The summed E-state index contributed by atoms with van der Waals surface area (Å²) in [6.45, 7) is 6.14. The number of aliphatic hydroxyl groups is 1. The Balaban J connectivity index is 2.55. The maximum Gasteiger partial charge on any atom is 0.0877 e. The van der Waals surface area contributed by atoms with E-state index in [0.29, 0.717) is 5.92 Å². The zero-order valence-corrected chi connectivity index (χ0v) is 10.6. The van der Waals surface area contributed by atoms with Crippen LogP contribution in [0.2, 0.25) is 0 Å². The molecule has 0 bridgehead atoms. The first-order valence-electron chi connectivity index (χ1n) is 6.06. The molecular formula is C15H19NO. The van der Waals surface area contributed by atoms with Gasteiger partial charge in [0.25, 0.3) is 0 Å². The van der Waals surface area contributed by atoms with Crippen molar-refractivity contribution in [1.29, 1.82) is 0 Å². The second-order valence-corrected chi connectivity index (χ2v) is 5.27. The van der Waals surface area contributed by atoms with Gasteiger partial charge in [0.1, 0.15) is 0 Å². The van der Waals surface area contributed by atoms with Crippen molar-refractivity contribution in [3.05, 3.63) is 42.2 Å². The highest BCUT2D eigenvalue weighted by atomic mass is 16.3. The van der Waals surface area contributed by atoms with E-state index in [-0.39, 0.29) is 0 Å². The molecule has 2 heteroatoms. The van der Waals surface area contributed by atoms with Crippen LogP contribution >= 0.6 is 0 Å². The number of pyridine rings is 1. The lowest BCUT2D eigenvalue weighted by molar-refractivity contribution is 0.0363. The third kappa shape index (κ3) is 2.47. The SMILES string of the molecule is CC(C)CC(C)(O)c1cccc2cnccc12. The van der Waals surface area contributed by atoms with Gasteiger partial charge in [0.2, 0.25) is 0 Å². The van der Waals surface area contributed by atoms with Gasteiger partial charge in [-0.2, -0.15) is 0 Å². The fraction of sp³-hybridized carbons (Fsp3) is 0.400. The van der Waals surface area contributed by atoms with Crippen LogP contribution in [0.25, 0.3) is 10.8 Å². The van der Waals surface area contributed by atoms with E-state index in [1.165, 1.54) is 0 Å². The van der Waals surface area contributed by atoms with Crippen molar-refractivity contribution >= 4 is 10.8 Å². The minimum Gasteiger partial charge on any atom is -0.385 e. The summed E-state index contributed by atoms with van der Waals surface area (Å²) in [6.07, 6.45) is 4.37. The van der Waals surface area contributed by atoms with E-state index in [1.54, 1.807) is 6.20 Å². The summed E-state index contributed by atoms with van der Waals surface area (Å²) in [5, 5.41) is 12.8. The molecule has 2 aromatic rings. The highest BCUT2D eigenvalue weighted by molar-refractivity contribution is 5.85. The van der Waals surface area contributed by atoms with E-state index in [1.807, 2.05) is 37.4 Å². The number of hydrogen-bond donors (Lipinski definition) is 1. The zero-order chi connectivity index (χ0) is 12.5. The Morgan fingerprint density at radius 1 is 1.29 bits per heavy atom. The summed E-state index contributed by atoms with van der Waals surface area (Å²) in [5.41, 5.74) is 0.209. The molecule has 1 unspecified atom stereocenters. The van der Waals surface area contributed by atoms with Gasteiger partial charge in [-0.05, 0) is 36.3 Å². The van der Waals surface area contributed by atoms with Crippen LogP contribution in [0.1, 0.15) is 32.8 Å². The summed E-state index contributed by atoms with van der Waals surface area (Å²) >= 11 is 0. The van der Waals surface area contributed by atoms with Crippen LogP contribution in [0.4, 0.5) is 0 Å². The molecule has 90 valence electrons. The van der Waals surface area contributed by atoms with E-state index < -0.39 is 5.60 Å². The molecule has 2 nitrogen and oxygen atoms in total. The van der Waals surface area contributed by atoms with Gasteiger partial charge in [0.15, 0.2) is 0 Å². The van der Waals surface area contributed by atoms with Crippen LogP contribution in [0, 0.1) is 5.92 Å². The molecule has 1 atom stereocenters. The summed E-state index contributed by atoms with van der Waals surface area (Å²) < 4.78 is 0. The average molecular weight is 229 g/mol. The lowest BCUT2D eigenvalue weighted by Gasteiger charge is -2.27. The molecule has 0 saturated heterocycles. The van der Waals surface area contributed by atoms with E-state index in [9.17, 15) is 5.11 Å². The van der Waals surface area contributed by atoms with E-state index >= 15 is 0 Å². The Kier molecular flexibility index (Phi) is 3.16. The smallest absolute Gasteiger partial charge is 0.0877 e. The van der Waals surface area contributed by atoms with Crippen LogP contribution in [-0.4, -0.2) is 10.1 Å². The first-order valence-corrected chi connectivity index (χ1v) is 6.06. The monoisotopic (exact) mass is 229 g/mol. The minimum absolute atomic E-state index is 0.460. The topological polar surface area (TPSA) is 33.1 Å². The number of fused-ring (bicyclic) bond motifs is 1. The molecule has 0 amide bonds. The molecule has 0 aliphatic carbocycles. The molecule has 0 spiro atoms. The summed E-state index contributed by atoms with van der Waals surface area (Å²) in [6, 6.07) is 7.98. The number of benzene rings is 1. The van der Waals surface area contributed by atoms with Crippen LogP contribution in [0.15, 0.2) is 36.7 Å². The lowest BCUT2D eigenvalue weighted by Crippen LogP contribution is -2.23. The molecule has 0 radical (unpaired) electrons. The van der Waals surface area contributed by atoms with Crippen molar-refractivity contribution in [3.8, 4) is 0 Å². The normalized spacial score (nSPS) is 15.1. The van der Waals surface area contributed by atoms with Crippen molar-refractivity contribution in [2.45, 2.75) is 32.8 Å². The van der Waals surface area contributed by atoms with Gasteiger partial charge in [-0.25, -0.2) is 0 Å². The summed E-state index contributed by atoms with van der Waals surface area (Å²) in [4.78, 5) is 4.12. The van der Waals surface area contributed by atoms with Crippen LogP contribution in [-0.2, 0) is 5.60 Å². The number of nitrogens with zero attached hydrogens (tertiary/aromatic N) is 1. The number of rotatable bonds is 3. The molecule has 0 aliphatic rings. The van der Waals surface area contributed by atoms with Crippen molar-refractivity contribution in [1.82, 2.24) is 4.98 Å². The van der Waals surface area contributed by atoms with E-state index in [0.717, 1.165) is 22.8 Å². The predicted molar refractivity (Wildman–Crippen MR) is 70.8 cm³/mol. The second-order valence-electron chi connectivity index (χ2n) is 5.27. The van der Waals surface area contributed by atoms with Gasteiger partial charge in [-0.1, -0.05) is 32.0 Å². The molecule has 17 heavy (non-hydrogen) atoms. The molecule has 0 aliphatic heterocycles. The fourth-order valence-corrected chi connectivity index (χ4v) is 2.50. The zero-order valence-electron chi connectivity index (χ0n) is 10.6. The summed E-state index contributed by atoms with van der Waals surface area (Å²) in [5.74, 6) is 0.460. The standard InChI is InChI=1S/C15H19NO/c1-11(2)9-15(3,17)14-6-4-5-12-10-16-8-7-13(12)14/h4-8,10-11,17H,9H2,1-3H3. The Bertz CT molecular complexity index is 512. The average Bonchev–Trinajstić information content (AvgIpc) is 2.26. The molecule has 1 aromatic heterocycles. The van der Waals surface area contributed by atoms with Gasteiger partial charge in [-0.15, -0.1) is 0 Å². The van der Waals surface area contributed by atoms with Gasteiger partial charge >= 0.3 is 0 Å². The van der Waals surface area contributed by atoms with Crippen LogP contribution in [0.5, 0.6) is 0 Å². The third-order valence-corrected chi connectivity index (χ3v) is 3.07. The van der Waals surface area contributed by atoms with Gasteiger partial charge < -0.3 is 5.11 Å². The third-order valence-electron chi connectivity index (χ3n) is 3.07. The second kappa shape index (κ2) is 4.46. The van der Waals surface area contributed by atoms with E-state index in [2.05, 4.69) is 18.8 Å². The molecule has 0 saturated carbocycles. The quantitative estimate of drug-likeness (QED) is 0.874. The highest BCUT2D eigenvalue weighted by Gasteiger charge is 2.25. The Labute approximate surface area is 102 Å².